The van der Waals surface area contributed by atoms with E-state index < -0.39 is 6.04 Å². The maximum absolute atomic E-state index is 11.9. The molecule has 0 heterocycles. The topological polar surface area (TPSA) is 75.4 Å². The average Bonchev–Trinajstić information content (AvgIpc) is 2.46. The third-order valence-corrected chi connectivity index (χ3v) is 3.69. The van der Waals surface area contributed by atoms with Gasteiger partial charge in [-0.2, -0.15) is 11.8 Å². The van der Waals surface area contributed by atoms with Crippen LogP contribution in [0.4, 0.5) is 5.69 Å². The smallest absolute Gasteiger partial charge is 0.241 e. The van der Waals surface area contributed by atoms with Crippen LogP contribution in [0.2, 0.25) is 0 Å². The zero-order valence-electron chi connectivity index (χ0n) is 13.2. The third kappa shape index (κ3) is 7.15. The summed E-state index contributed by atoms with van der Waals surface area (Å²) in [5.41, 5.74) is 7.41. The predicted octanol–water partition coefficient (Wildman–Crippen LogP) is 1.76. The number of nitrogens with zero attached hydrogens (tertiary/aromatic N) is 1. The summed E-state index contributed by atoms with van der Waals surface area (Å²) in [7, 11) is 3.46. The summed E-state index contributed by atoms with van der Waals surface area (Å²) >= 11 is 1.67. The Morgan fingerprint density at radius 3 is 2.36 bits per heavy atom. The van der Waals surface area contributed by atoms with E-state index in [1.807, 2.05) is 18.4 Å². The van der Waals surface area contributed by atoms with Crippen LogP contribution in [-0.4, -0.2) is 48.9 Å². The molecule has 0 saturated heterocycles. The van der Waals surface area contributed by atoms with E-state index in [4.69, 9.17) is 5.73 Å². The van der Waals surface area contributed by atoms with E-state index in [9.17, 15) is 9.59 Å². The van der Waals surface area contributed by atoms with Gasteiger partial charge in [0, 0.05) is 19.8 Å². The van der Waals surface area contributed by atoms with E-state index in [0.717, 1.165) is 11.3 Å². The Bertz CT molecular complexity index is 480. The molecule has 22 heavy (non-hydrogen) atoms. The normalized spacial score (nSPS) is 11.3. The molecule has 0 bridgehead atoms. The summed E-state index contributed by atoms with van der Waals surface area (Å²) in [4.78, 5) is 25.0. The lowest BCUT2D eigenvalue weighted by molar-refractivity contribution is -0.128. The molecular weight excluding hydrogens is 322 g/mol. The maximum Gasteiger partial charge on any atom is 0.241 e. The molecule has 0 aliphatic carbocycles. The molecule has 1 aromatic carbocycles. The number of benzene rings is 1. The molecule has 0 fully saturated rings. The van der Waals surface area contributed by atoms with Gasteiger partial charge in [-0.1, -0.05) is 12.1 Å². The van der Waals surface area contributed by atoms with Gasteiger partial charge in [-0.15, -0.1) is 12.4 Å². The van der Waals surface area contributed by atoms with Crippen molar-refractivity contribution in [3.8, 4) is 0 Å². The van der Waals surface area contributed by atoms with E-state index in [1.54, 1.807) is 42.9 Å². The quantitative estimate of drug-likeness (QED) is 0.789. The van der Waals surface area contributed by atoms with Crippen molar-refractivity contribution in [1.82, 2.24) is 4.90 Å². The van der Waals surface area contributed by atoms with Crippen LogP contribution in [0.25, 0.3) is 0 Å². The Labute approximate surface area is 142 Å². The first kappa shape index (κ1) is 20.8. The Kier molecular flexibility index (Phi) is 9.89. The molecule has 0 aromatic heterocycles. The van der Waals surface area contributed by atoms with Gasteiger partial charge in [0.1, 0.15) is 0 Å². The van der Waals surface area contributed by atoms with Crippen molar-refractivity contribution in [1.29, 1.82) is 0 Å². The van der Waals surface area contributed by atoms with Crippen molar-refractivity contribution in [3.05, 3.63) is 29.8 Å². The second kappa shape index (κ2) is 10.5. The average molecular weight is 346 g/mol. The highest BCUT2D eigenvalue weighted by atomic mass is 35.5. The molecule has 0 aliphatic heterocycles. The standard InChI is InChI=1S/C15H23N3O2S.ClH/c1-18(2)14(19)10-11-4-6-12(7-5-11)17-15(20)13(16)8-9-21-3;/h4-7,13H,8-10,16H2,1-3H3,(H,17,20);1H/t13-;/m0./s1. The highest BCUT2D eigenvalue weighted by Gasteiger charge is 2.13. The first-order valence-corrected chi connectivity index (χ1v) is 8.18. The SMILES string of the molecule is CSCC[C@H](N)C(=O)Nc1ccc(CC(=O)N(C)C)cc1.Cl. The number of nitrogens with two attached hydrogens (primary N) is 1. The Hall–Kier alpha value is -1.24. The van der Waals surface area contributed by atoms with Crippen LogP contribution in [0, 0.1) is 0 Å². The number of nitrogens with one attached hydrogen (secondary N) is 1. The summed E-state index contributed by atoms with van der Waals surface area (Å²) in [5.74, 6) is 0.729. The minimum absolute atomic E-state index is 0. The lowest BCUT2D eigenvalue weighted by Gasteiger charge is -2.13. The van der Waals surface area contributed by atoms with Crippen molar-refractivity contribution in [2.24, 2.45) is 5.73 Å². The fraction of sp³-hybridized carbons (Fsp3) is 0.467. The Balaban J connectivity index is 0.00000441. The molecule has 3 N–H and O–H groups in total. The van der Waals surface area contributed by atoms with E-state index in [0.29, 0.717) is 18.5 Å². The fourth-order valence-electron chi connectivity index (χ4n) is 1.65. The molecule has 5 nitrogen and oxygen atoms in total. The number of carbonyl (C=O) groups is 2. The van der Waals surface area contributed by atoms with Crippen LogP contribution < -0.4 is 11.1 Å². The van der Waals surface area contributed by atoms with Gasteiger partial charge in [0.15, 0.2) is 0 Å². The highest BCUT2D eigenvalue weighted by molar-refractivity contribution is 7.98. The molecule has 124 valence electrons. The minimum atomic E-state index is -0.493. The monoisotopic (exact) mass is 345 g/mol. The number of rotatable bonds is 7. The molecular formula is C15H24ClN3O2S. The van der Waals surface area contributed by atoms with Crippen LogP contribution in [0.1, 0.15) is 12.0 Å². The van der Waals surface area contributed by atoms with E-state index in [2.05, 4.69) is 5.32 Å². The van der Waals surface area contributed by atoms with Gasteiger partial charge >= 0.3 is 0 Å². The van der Waals surface area contributed by atoms with Gasteiger partial charge in [0.05, 0.1) is 12.5 Å². The number of hydrogen-bond acceptors (Lipinski definition) is 4. The summed E-state index contributed by atoms with van der Waals surface area (Å²) < 4.78 is 0. The van der Waals surface area contributed by atoms with Crippen LogP contribution in [-0.2, 0) is 16.0 Å². The second-order valence-corrected chi connectivity index (χ2v) is 6.02. The molecule has 0 saturated carbocycles. The molecule has 7 heteroatoms. The lowest BCUT2D eigenvalue weighted by atomic mass is 10.1. The van der Waals surface area contributed by atoms with Gasteiger partial charge in [-0.3, -0.25) is 9.59 Å². The number of hydrogen-bond donors (Lipinski definition) is 2. The largest absolute Gasteiger partial charge is 0.349 e. The molecule has 0 spiro atoms. The Morgan fingerprint density at radius 1 is 1.27 bits per heavy atom. The number of halogens is 1. The first-order valence-electron chi connectivity index (χ1n) is 6.78. The summed E-state index contributed by atoms with van der Waals surface area (Å²) in [6.45, 7) is 0. The molecule has 0 unspecified atom stereocenters. The van der Waals surface area contributed by atoms with Crippen LogP contribution in [0.15, 0.2) is 24.3 Å². The fourth-order valence-corrected chi connectivity index (χ4v) is 2.14. The van der Waals surface area contributed by atoms with Crippen molar-refractivity contribution < 1.29 is 9.59 Å². The number of likely N-dealkylation sites (N-methyl/N-ethyl adjacent to an activating group) is 1. The molecule has 1 rings (SSSR count). The van der Waals surface area contributed by atoms with Gasteiger partial charge in [-0.25, -0.2) is 0 Å². The summed E-state index contributed by atoms with van der Waals surface area (Å²) in [6.07, 6.45) is 3.00. The summed E-state index contributed by atoms with van der Waals surface area (Å²) in [5, 5.41) is 2.79. The minimum Gasteiger partial charge on any atom is -0.349 e. The lowest BCUT2D eigenvalue weighted by Crippen LogP contribution is -2.36. The highest BCUT2D eigenvalue weighted by Crippen LogP contribution is 2.11. The van der Waals surface area contributed by atoms with E-state index >= 15 is 0 Å². The molecule has 2 amide bonds. The van der Waals surface area contributed by atoms with Crippen molar-refractivity contribution in [3.63, 3.8) is 0 Å². The molecule has 1 aromatic rings. The van der Waals surface area contributed by atoms with Crippen LogP contribution in [0.5, 0.6) is 0 Å². The first-order chi connectivity index (χ1) is 9.93. The van der Waals surface area contributed by atoms with Crippen molar-refractivity contribution in [2.75, 3.05) is 31.4 Å². The van der Waals surface area contributed by atoms with Gasteiger partial charge in [0.2, 0.25) is 11.8 Å². The number of anilines is 1. The van der Waals surface area contributed by atoms with Gasteiger partial charge < -0.3 is 16.0 Å². The number of carbonyl (C=O) groups excluding carboxylic acids is 2. The zero-order chi connectivity index (χ0) is 15.8. The van der Waals surface area contributed by atoms with Crippen molar-refractivity contribution in [2.45, 2.75) is 18.9 Å². The zero-order valence-corrected chi connectivity index (χ0v) is 14.8. The van der Waals surface area contributed by atoms with Crippen molar-refractivity contribution >= 4 is 41.7 Å². The van der Waals surface area contributed by atoms with E-state index in [-0.39, 0.29) is 24.2 Å². The third-order valence-electron chi connectivity index (χ3n) is 3.05. The molecule has 1 atom stereocenters. The van der Waals surface area contributed by atoms with Gasteiger partial charge in [-0.05, 0) is 36.1 Å². The number of thioether (sulfide) groups is 1. The van der Waals surface area contributed by atoms with Crippen LogP contribution >= 0.6 is 24.2 Å². The molecule has 0 aliphatic rings. The summed E-state index contributed by atoms with van der Waals surface area (Å²) in [6, 6.07) is 6.76. The predicted molar refractivity (Wildman–Crippen MR) is 95.7 cm³/mol. The Morgan fingerprint density at radius 2 is 1.86 bits per heavy atom. The second-order valence-electron chi connectivity index (χ2n) is 5.04. The van der Waals surface area contributed by atoms with Gasteiger partial charge in [0.25, 0.3) is 0 Å². The number of amides is 2. The van der Waals surface area contributed by atoms with Crippen LogP contribution in [0.3, 0.4) is 0 Å². The maximum atomic E-state index is 11.9. The molecule has 0 radical (unpaired) electrons. The van der Waals surface area contributed by atoms with E-state index in [1.165, 1.54) is 0 Å².